The van der Waals surface area contributed by atoms with Crippen LogP contribution in [0.5, 0.6) is 0 Å². The van der Waals surface area contributed by atoms with Crippen LogP contribution in [0.25, 0.3) is 11.1 Å². The summed E-state index contributed by atoms with van der Waals surface area (Å²) < 4.78 is 15.1. The largest absolute Gasteiger partial charge is 0.478 e. The highest BCUT2D eigenvalue weighted by Crippen LogP contribution is 2.33. The number of thiol groups is 1. The van der Waals surface area contributed by atoms with Crippen molar-refractivity contribution in [2.45, 2.75) is 64.7 Å². The Bertz CT molecular complexity index is 1160. The minimum atomic E-state index is -1.08. The Hall–Kier alpha value is -2.93. The standard InChI is InChI=1S/C28H32FNO4S/c1-4-18-15-27(32)30(24(18)11-12-25(31)26(35)13-17(2)3)16-20-10-9-19(14-23(20)29)21-7-5-6-8-22(21)28(33)34/h5-10,14,17,26,35H,4,11-13,15-16H2,1-3H3,(H,33,34). The Balaban J connectivity index is 1.80. The first-order valence-electron chi connectivity index (χ1n) is 12.0. The van der Waals surface area contributed by atoms with Gasteiger partial charge >= 0.3 is 5.97 Å². The van der Waals surface area contributed by atoms with E-state index < -0.39 is 11.8 Å². The first-order valence-corrected chi connectivity index (χ1v) is 12.5. The maximum absolute atomic E-state index is 15.1. The average molecular weight is 498 g/mol. The molecule has 1 aliphatic rings. The van der Waals surface area contributed by atoms with Crippen molar-refractivity contribution in [3.8, 4) is 11.1 Å². The molecule has 1 amide bonds. The molecule has 0 fully saturated rings. The second-order valence-corrected chi connectivity index (χ2v) is 9.95. The maximum Gasteiger partial charge on any atom is 0.336 e. The van der Waals surface area contributed by atoms with Crippen molar-refractivity contribution in [3.05, 3.63) is 70.7 Å². The number of hydrogen-bond donors (Lipinski definition) is 2. The van der Waals surface area contributed by atoms with Gasteiger partial charge in [0, 0.05) is 17.7 Å². The minimum Gasteiger partial charge on any atom is -0.478 e. The highest BCUT2D eigenvalue weighted by molar-refractivity contribution is 7.81. The number of hydrogen-bond acceptors (Lipinski definition) is 4. The van der Waals surface area contributed by atoms with Gasteiger partial charge in [0.15, 0.2) is 0 Å². The van der Waals surface area contributed by atoms with E-state index in [1.54, 1.807) is 35.2 Å². The van der Waals surface area contributed by atoms with Crippen LogP contribution in [-0.2, 0) is 16.1 Å². The second-order valence-electron chi connectivity index (χ2n) is 9.33. The molecule has 0 aromatic heterocycles. The normalized spacial score (nSPS) is 14.7. The Morgan fingerprint density at radius 1 is 1.17 bits per heavy atom. The van der Waals surface area contributed by atoms with E-state index in [1.807, 2.05) is 20.8 Å². The highest BCUT2D eigenvalue weighted by atomic mass is 32.1. The molecule has 0 saturated heterocycles. The van der Waals surface area contributed by atoms with Crippen LogP contribution in [-0.4, -0.2) is 32.9 Å². The van der Waals surface area contributed by atoms with Crippen molar-refractivity contribution >= 4 is 30.3 Å². The van der Waals surface area contributed by atoms with Gasteiger partial charge in [-0.3, -0.25) is 9.59 Å². The van der Waals surface area contributed by atoms with Crippen LogP contribution < -0.4 is 0 Å². The van der Waals surface area contributed by atoms with Crippen molar-refractivity contribution in [3.63, 3.8) is 0 Å². The molecule has 3 rings (SSSR count). The molecule has 186 valence electrons. The number of rotatable bonds is 11. The van der Waals surface area contributed by atoms with Crippen LogP contribution in [0.15, 0.2) is 53.7 Å². The van der Waals surface area contributed by atoms with Crippen molar-refractivity contribution in [2.24, 2.45) is 5.92 Å². The molecule has 1 heterocycles. The number of Topliss-reactive ketones (excluding diaryl/α,β-unsaturated/α-hetero) is 1. The number of carbonyl (C=O) groups excluding carboxylic acids is 2. The quantitative estimate of drug-likeness (QED) is 0.358. The predicted octanol–water partition coefficient (Wildman–Crippen LogP) is 6.28. The van der Waals surface area contributed by atoms with Gasteiger partial charge in [0.05, 0.1) is 23.8 Å². The van der Waals surface area contributed by atoms with E-state index in [2.05, 4.69) is 12.6 Å². The smallest absolute Gasteiger partial charge is 0.336 e. The minimum absolute atomic E-state index is 0.0527. The molecule has 35 heavy (non-hydrogen) atoms. The monoisotopic (exact) mass is 497 g/mol. The van der Waals surface area contributed by atoms with E-state index in [-0.39, 0.29) is 41.9 Å². The van der Waals surface area contributed by atoms with Gasteiger partial charge in [-0.2, -0.15) is 12.6 Å². The Kier molecular flexibility index (Phi) is 8.89. The number of aromatic carboxylic acids is 1. The van der Waals surface area contributed by atoms with Gasteiger partial charge < -0.3 is 10.0 Å². The fraction of sp³-hybridized carbons (Fsp3) is 0.393. The van der Waals surface area contributed by atoms with E-state index in [0.29, 0.717) is 41.9 Å². The van der Waals surface area contributed by atoms with E-state index in [9.17, 15) is 19.5 Å². The first-order chi connectivity index (χ1) is 16.6. The molecule has 1 unspecified atom stereocenters. The van der Waals surface area contributed by atoms with Crippen molar-refractivity contribution in [1.29, 1.82) is 0 Å². The van der Waals surface area contributed by atoms with Gasteiger partial charge in [-0.15, -0.1) is 0 Å². The summed E-state index contributed by atoms with van der Waals surface area (Å²) >= 11 is 4.45. The number of allylic oxidation sites excluding steroid dienone is 1. The fourth-order valence-electron chi connectivity index (χ4n) is 4.47. The number of halogens is 1. The Labute approximate surface area is 211 Å². The zero-order valence-corrected chi connectivity index (χ0v) is 21.3. The average Bonchev–Trinajstić information content (AvgIpc) is 3.12. The molecule has 0 radical (unpaired) electrons. The third kappa shape index (κ3) is 6.40. The molecule has 0 spiro atoms. The molecule has 0 bridgehead atoms. The van der Waals surface area contributed by atoms with Gasteiger partial charge in [0.1, 0.15) is 11.6 Å². The molecule has 1 N–H and O–H groups in total. The van der Waals surface area contributed by atoms with Gasteiger partial charge in [-0.25, -0.2) is 9.18 Å². The Morgan fingerprint density at radius 3 is 2.51 bits per heavy atom. The van der Waals surface area contributed by atoms with Crippen LogP contribution in [0.3, 0.4) is 0 Å². The molecule has 0 saturated carbocycles. The third-order valence-corrected chi connectivity index (χ3v) is 6.85. The molecule has 0 aliphatic carbocycles. The lowest BCUT2D eigenvalue weighted by atomic mass is 9.98. The summed E-state index contributed by atoms with van der Waals surface area (Å²) in [6.45, 7) is 6.13. The van der Waals surface area contributed by atoms with Crippen molar-refractivity contribution < 1.29 is 23.9 Å². The molecule has 2 aromatic carbocycles. The first kappa shape index (κ1) is 26.7. The SMILES string of the molecule is CCC1=C(CCC(=O)C(S)CC(C)C)N(Cc2ccc(-c3ccccc3C(=O)O)cc2F)C(=O)C1. The lowest BCUT2D eigenvalue weighted by molar-refractivity contribution is -0.128. The molecular formula is C28H32FNO4S. The van der Waals surface area contributed by atoms with Crippen LogP contribution in [0.1, 0.15) is 68.8 Å². The molecular weight excluding hydrogens is 465 g/mol. The number of carboxylic acid groups (broad SMARTS) is 1. The topological polar surface area (TPSA) is 74.7 Å². The lowest BCUT2D eigenvalue weighted by Crippen LogP contribution is -2.26. The van der Waals surface area contributed by atoms with Crippen LogP contribution in [0, 0.1) is 11.7 Å². The summed E-state index contributed by atoms with van der Waals surface area (Å²) in [6.07, 6.45) is 2.38. The van der Waals surface area contributed by atoms with E-state index >= 15 is 4.39 Å². The lowest BCUT2D eigenvalue weighted by Gasteiger charge is -2.22. The number of nitrogens with zero attached hydrogens (tertiary/aromatic N) is 1. The van der Waals surface area contributed by atoms with Gasteiger partial charge in [-0.1, -0.05) is 51.1 Å². The maximum atomic E-state index is 15.1. The molecule has 1 atom stereocenters. The zero-order chi connectivity index (χ0) is 25.7. The number of carboxylic acids is 1. The van der Waals surface area contributed by atoms with Crippen LogP contribution >= 0.6 is 12.6 Å². The van der Waals surface area contributed by atoms with Gasteiger partial charge in [-0.05, 0) is 54.0 Å². The molecule has 7 heteroatoms. The van der Waals surface area contributed by atoms with E-state index in [1.165, 1.54) is 12.1 Å². The summed E-state index contributed by atoms with van der Waals surface area (Å²) in [6, 6.07) is 11.0. The summed E-state index contributed by atoms with van der Waals surface area (Å²) in [7, 11) is 0. The highest BCUT2D eigenvalue weighted by Gasteiger charge is 2.30. The van der Waals surface area contributed by atoms with Crippen LogP contribution in [0.4, 0.5) is 4.39 Å². The van der Waals surface area contributed by atoms with Crippen LogP contribution in [0.2, 0.25) is 0 Å². The van der Waals surface area contributed by atoms with E-state index in [4.69, 9.17) is 0 Å². The number of amides is 1. The van der Waals surface area contributed by atoms with Gasteiger partial charge in [0.2, 0.25) is 5.91 Å². The second kappa shape index (κ2) is 11.7. The molecule has 5 nitrogen and oxygen atoms in total. The Morgan fingerprint density at radius 2 is 1.89 bits per heavy atom. The number of benzene rings is 2. The summed E-state index contributed by atoms with van der Waals surface area (Å²) in [4.78, 5) is 38.5. The van der Waals surface area contributed by atoms with E-state index in [0.717, 1.165) is 11.3 Å². The van der Waals surface area contributed by atoms with Crippen molar-refractivity contribution in [1.82, 2.24) is 4.90 Å². The number of carbonyl (C=O) groups is 3. The molecule has 2 aromatic rings. The molecule has 1 aliphatic heterocycles. The summed E-state index contributed by atoms with van der Waals surface area (Å²) in [5.74, 6) is -1.28. The predicted molar refractivity (Wildman–Crippen MR) is 138 cm³/mol. The van der Waals surface area contributed by atoms with Gasteiger partial charge in [0.25, 0.3) is 0 Å². The fourth-order valence-corrected chi connectivity index (χ4v) is 5.02. The summed E-state index contributed by atoms with van der Waals surface area (Å²) in [5.41, 5.74) is 3.10. The van der Waals surface area contributed by atoms with Crippen molar-refractivity contribution in [2.75, 3.05) is 0 Å². The third-order valence-electron chi connectivity index (χ3n) is 6.35. The zero-order valence-electron chi connectivity index (χ0n) is 20.4. The number of ketones is 1. The summed E-state index contributed by atoms with van der Waals surface area (Å²) in [5, 5.41) is 9.11.